The van der Waals surface area contributed by atoms with Crippen molar-refractivity contribution >= 4 is 23.3 Å². The molecule has 2 N–H and O–H groups in total. The molecule has 0 aliphatic carbocycles. The van der Waals surface area contributed by atoms with Gasteiger partial charge < -0.3 is 10.6 Å². The van der Waals surface area contributed by atoms with Crippen molar-refractivity contribution in [3.8, 4) is 0 Å². The lowest BCUT2D eigenvalue weighted by Crippen LogP contribution is -2.39. The number of rotatable bonds is 1. The second kappa shape index (κ2) is 4.31. The summed E-state index contributed by atoms with van der Waals surface area (Å²) in [7, 11) is 0. The third kappa shape index (κ3) is 1.80. The molecule has 1 aromatic carbocycles. The Morgan fingerprint density at radius 1 is 1.11 bits per heavy atom. The van der Waals surface area contributed by atoms with Crippen molar-refractivity contribution in [1.29, 1.82) is 0 Å². The zero-order chi connectivity index (χ0) is 12.5. The van der Waals surface area contributed by atoms with Crippen LogP contribution in [0, 0.1) is 0 Å². The molecule has 0 spiro atoms. The third-order valence-corrected chi connectivity index (χ3v) is 3.17. The summed E-state index contributed by atoms with van der Waals surface area (Å²) in [5.41, 5.74) is 1.37. The maximum Gasteiger partial charge on any atom is 0.256 e. The van der Waals surface area contributed by atoms with Crippen LogP contribution in [0.15, 0.2) is 42.6 Å². The standard InChI is InChI=1S/C13H10ClN3O/c14-10-6-2-1-4-8(10)12-16-11-9(13(18)17-12)5-3-7-15-11/h1-7,12H,(H,15,16)(H,17,18)/t12-/m0/s1. The maximum absolute atomic E-state index is 11.9. The van der Waals surface area contributed by atoms with Gasteiger partial charge in [0.05, 0.1) is 5.56 Å². The number of nitrogens with one attached hydrogen (secondary N) is 2. The fourth-order valence-corrected chi connectivity index (χ4v) is 2.19. The van der Waals surface area contributed by atoms with Crippen LogP contribution in [0.2, 0.25) is 5.02 Å². The van der Waals surface area contributed by atoms with Gasteiger partial charge in [-0.3, -0.25) is 4.79 Å². The molecule has 18 heavy (non-hydrogen) atoms. The summed E-state index contributed by atoms with van der Waals surface area (Å²) < 4.78 is 0. The highest BCUT2D eigenvalue weighted by molar-refractivity contribution is 6.31. The molecule has 1 atom stereocenters. The molecule has 3 rings (SSSR count). The Labute approximate surface area is 109 Å². The lowest BCUT2D eigenvalue weighted by Gasteiger charge is -2.27. The van der Waals surface area contributed by atoms with Crippen molar-refractivity contribution in [3.05, 3.63) is 58.7 Å². The maximum atomic E-state index is 11.9. The molecule has 1 aliphatic rings. The zero-order valence-electron chi connectivity index (χ0n) is 9.35. The summed E-state index contributed by atoms with van der Waals surface area (Å²) in [5, 5.41) is 6.62. The van der Waals surface area contributed by atoms with Crippen LogP contribution in [-0.4, -0.2) is 10.9 Å². The molecule has 4 nitrogen and oxygen atoms in total. The Morgan fingerprint density at radius 3 is 2.78 bits per heavy atom. The average molecular weight is 260 g/mol. The lowest BCUT2D eigenvalue weighted by molar-refractivity contribution is 0.0935. The zero-order valence-corrected chi connectivity index (χ0v) is 10.1. The van der Waals surface area contributed by atoms with Crippen LogP contribution < -0.4 is 10.6 Å². The predicted molar refractivity (Wildman–Crippen MR) is 69.5 cm³/mol. The average Bonchev–Trinajstić information content (AvgIpc) is 2.39. The first kappa shape index (κ1) is 11.0. The van der Waals surface area contributed by atoms with Crippen LogP contribution in [0.5, 0.6) is 0 Å². The summed E-state index contributed by atoms with van der Waals surface area (Å²) >= 11 is 6.12. The van der Waals surface area contributed by atoms with Gasteiger partial charge in [0.2, 0.25) is 0 Å². The molecule has 0 fully saturated rings. The van der Waals surface area contributed by atoms with Crippen LogP contribution in [0.3, 0.4) is 0 Å². The van der Waals surface area contributed by atoms with E-state index < -0.39 is 0 Å². The van der Waals surface area contributed by atoms with Gasteiger partial charge in [-0.05, 0) is 18.2 Å². The van der Waals surface area contributed by atoms with E-state index in [1.807, 2.05) is 18.2 Å². The smallest absolute Gasteiger partial charge is 0.256 e. The summed E-state index contributed by atoms with van der Waals surface area (Å²) in [6.07, 6.45) is 1.29. The highest BCUT2D eigenvalue weighted by Crippen LogP contribution is 2.28. The first-order chi connectivity index (χ1) is 8.75. The van der Waals surface area contributed by atoms with Crippen LogP contribution in [0.25, 0.3) is 0 Å². The number of carbonyl (C=O) groups excluding carboxylic acids is 1. The number of carbonyl (C=O) groups is 1. The minimum absolute atomic E-state index is 0.151. The number of anilines is 1. The SMILES string of the molecule is O=C1N[C@@H](c2ccccc2Cl)Nc2ncccc21. The molecule has 5 heteroatoms. The summed E-state index contributed by atoms with van der Waals surface area (Å²) in [6, 6.07) is 10.8. The number of fused-ring (bicyclic) bond motifs is 1. The third-order valence-electron chi connectivity index (χ3n) is 2.83. The van der Waals surface area contributed by atoms with Crippen LogP contribution >= 0.6 is 11.6 Å². The highest BCUT2D eigenvalue weighted by Gasteiger charge is 2.26. The van der Waals surface area contributed by atoms with Gasteiger partial charge in [0.15, 0.2) is 0 Å². The molecule has 2 aromatic rings. The van der Waals surface area contributed by atoms with E-state index in [-0.39, 0.29) is 12.1 Å². The Bertz CT molecular complexity index is 615. The molecular formula is C13H10ClN3O. The number of aromatic nitrogens is 1. The van der Waals surface area contributed by atoms with Gasteiger partial charge in [-0.2, -0.15) is 0 Å². The molecule has 0 saturated carbocycles. The molecule has 0 bridgehead atoms. The number of nitrogens with zero attached hydrogens (tertiary/aromatic N) is 1. The van der Waals surface area contributed by atoms with E-state index in [4.69, 9.17) is 11.6 Å². The molecule has 2 heterocycles. The van der Waals surface area contributed by atoms with E-state index in [0.717, 1.165) is 5.56 Å². The number of benzene rings is 1. The van der Waals surface area contributed by atoms with Crippen molar-refractivity contribution in [3.63, 3.8) is 0 Å². The van der Waals surface area contributed by atoms with Gasteiger partial charge in [-0.1, -0.05) is 29.8 Å². The predicted octanol–water partition coefficient (Wildman–Crippen LogP) is 2.59. The van der Waals surface area contributed by atoms with Crippen LogP contribution in [0.1, 0.15) is 22.1 Å². The van der Waals surface area contributed by atoms with Crippen molar-refractivity contribution in [2.75, 3.05) is 5.32 Å². The first-order valence-corrected chi connectivity index (χ1v) is 5.90. The fourth-order valence-electron chi connectivity index (χ4n) is 1.95. The van der Waals surface area contributed by atoms with Gasteiger partial charge in [0.1, 0.15) is 12.0 Å². The number of halogens is 1. The Balaban J connectivity index is 2.00. The van der Waals surface area contributed by atoms with Crippen LogP contribution in [0.4, 0.5) is 5.82 Å². The number of amides is 1. The number of hydrogen-bond acceptors (Lipinski definition) is 3. The van der Waals surface area contributed by atoms with Crippen molar-refractivity contribution in [2.45, 2.75) is 6.17 Å². The van der Waals surface area contributed by atoms with Crippen molar-refractivity contribution < 1.29 is 4.79 Å². The van der Waals surface area contributed by atoms with Crippen molar-refractivity contribution in [2.24, 2.45) is 0 Å². The minimum atomic E-state index is -0.353. The Hall–Kier alpha value is -2.07. The van der Waals surface area contributed by atoms with Crippen LogP contribution in [-0.2, 0) is 0 Å². The normalized spacial score (nSPS) is 17.6. The molecule has 0 unspecified atom stereocenters. The summed E-state index contributed by atoms with van der Waals surface area (Å²) in [6.45, 7) is 0. The summed E-state index contributed by atoms with van der Waals surface area (Å²) in [4.78, 5) is 16.1. The topological polar surface area (TPSA) is 54.0 Å². The highest BCUT2D eigenvalue weighted by atomic mass is 35.5. The van der Waals surface area contributed by atoms with Gasteiger partial charge in [0.25, 0.3) is 5.91 Å². The number of hydrogen-bond donors (Lipinski definition) is 2. The molecule has 1 aliphatic heterocycles. The van der Waals surface area contributed by atoms with E-state index >= 15 is 0 Å². The van der Waals surface area contributed by atoms with E-state index in [1.54, 1.807) is 24.4 Å². The largest absolute Gasteiger partial charge is 0.346 e. The Morgan fingerprint density at radius 2 is 1.94 bits per heavy atom. The fraction of sp³-hybridized carbons (Fsp3) is 0.0769. The van der Waals surface area contributed by atoms with Gasteiger partial charge >= 0.3 is 0 Å². The van der Waals surface area contributed by atoms with E-state index in [1.165, 1.54) is 0 Å². The second-order valence-electron chi connectivity index (χ2n) is 3.97. The quantitative estimate of drug-likeness (QED) is 0.828. The minimum Gasteiger partial charge on any atom is -0.346 e. The van der Waals surface area contributed by atoms with E-state index in [0.29, 0.717) is 16.4 Å². The van der Waals surface area contributed by atoms with E-state index in [9.17, 15) is 4.79 Å². The Kier molecular flexibility index (Phi) is 2.64. The first-order valence-electron chi connectivity index (χ1n) is 5.52. The molecule has 90 valence electrons. The number of pyridine rings is 1. The monoisotopic (exact) mass is 259 g/mol. The second-order valence-corrected chi connectivity index (χ2v) is 4.38. The van der Waals surface area contributed by atoms with E-state index in [2.05, 4.69) is 15.6 Å². The molecule has 0 saturated heterocycles. The lowest BCUT2D eigenvalue weighted by atomic mass is 10.1. The van der Waals surface area contributed by atoms with Crippen molar-refractivity contribution in [1.82, 2.24) is 10.3 Å². The van der Waals surface area contributed by atoms with Gasteiger partial charge in [0, 0.05) is 16.8 Å². The molecule has 0 radical (unpaired) electrons. The molecular weight excluding hydrogens is 250 g/mol. The van der Waals surface area contributed by atoms with Gasteiger partial charge in [-0.15, -0.1) is 0 Å². The molecule has 1 aromatic heterocycles. The van der Waals surface area contributed by atoms with Gasteiger partial charge in [-0.25, -0.2) is 4.98 Å². The molecule has 1 amide bonds. The summed E-state index contributed by atoms with van der Waals surface area (Å²) in [5.74, 6) is 0.424.